The lowest BCUT2D eigenvalue weighted by Crippen LogP contribution is -2.51. The fourth-order valence-electron chi connectivity index (χ4n) is 7.29. The molecule has 0 aromatic carbocycles. The summed E-state index contributed by atoms with van der Waals surface area (Å²) >= 11 is 0. The molecule has 0 aliphatic heterocycles. The Morgan fingerprint density at radius 1 is 0.667 bits per heavy atom. The largest absolute Gasteiger partial charge is 0.147 e. The van der Waals surface area contributed by atoms with E-state index in [2.05, 4.69) is 13.8 Å². The Labute approximate surface area is 144 Å². The van der Waals surface area contributed by atoms with Crippen LogP contribution in [-0.4, -0.2) is 0 Å². The first kappa shape index (κ1) is 17.9. The van der Waals surface area contributed by atoms with Crippen LogP contribution in [0.1, 0.15) is 84.5 Å². The first-order valence-electron chi connectivity index (χ1n) is 9.13. The average molecular weight is 333 g/mol. The van der Waals surface area contributed by atoms with Crippen molar-refractivity contribution in [2.75, 3.05) is 0 Å². The smallest absolute Gasteiger partial charge is 0.0266 e. The molecule has 4 fully saturated rings. The number of rotatable bonds is 0. The Balaban J connectivity index is 0.000000807. The molecule has 0 aromatic rings. The SMILES string of the molecule is C[C@@]12CCC[C@H]1[C@@H]1CC[C@H]3CCCC[C@]3(C)[C@H]1CC2.Cl.Cl. The van der Waals surface area contributed by atoms with Gasteiger partial charge in [-0.25, -0.2) is 0 Å². The van der Waals surface area contributed by atoms with Gasteiger partial charge in [0.1, 0.15) is 0 Å². The molecule has 4 aliphatic carbocycles. The minimum atomic E-state index is 0. The molecule has 2 heteroatoms. The van der Waals surface area contributed by atoms with E-state index in [1.807, 2.05) is 0 Å². The van der Waals surface area contributed by atoms with Crippen LogP contribution in [0.2, 0.25) is 0 Å². The van der Waals surface area contributed by atoms with Crippen LogP contribution in [0, 0.1) is 34.5 Å². The van der Waals surface area contributed by atoms with Crippen LogP contribution in [0.5, 0.6) is 0 Å². The molecule has 0 N–H and O–H groups in total. The molecule has 4 saturated carbocycles. The van der Waals surface area contributed by atoms with Gasteiger partial charge in [0, 0.05) is 0 Å². The second kappa shape index (κ2) is 6.23. The fourth-order valence-corrected chi connectivity index (χ4v) is 7.29. The second-order valence-corrected chi connectivity index (χ2v) is 8.99. The molecule has 0 unspecified atom stereocenters. The number of hydrogen-bond acceptors (Lipinski definition) is 0. The number of hydrogen-bond donors (Lipinski definition) is 0. The van der Waals surface area contributed by atoms with E-state index in [0.29, 0.717) is 0 Å². The maximum Gasteiger partial charge on any atom is -0.0266 e. The topological polar surface area (TPSA) is 0 Å². The third-order valence-electron chi connectivity index (χ3n) is 8.36. The highest BCUT2D eigenvalue weighted by atomic mass is 35.5. The molecular formula is C19H34Cl2. The summed E-state index contributed by atoms with van der Waals surface area (Å²) in [6, 6.07) is 0. The molecule has 0 aromatic heterocycles. The first-order chi connectivity index (χ1) is 9.13. The van der Waals surface area contributed by atoms with Gasteiger partial charge in [-0.1, -0.05) is 33.1 Å². The van der Waals surface area contributed by atoms with Crippen LogP contribution in [0.15, 0.2) is 0 Å². The highest BCUT2D eigenvalue weighted by Crippen LogP contribution is 2.66. The fraction of sp³-hybridized carbons (Fsp3) is 1.00. The Kier molecular flexibility index (Phi) is 5.32. The molecule has 0 nitrogen and oxygen atoms in total. The van der Waals surface area contributed by atoms with Gasteiger partial charge in [0.25, 0.3) is 0 Å². The zero-order valence-electron chi connectivity index (χ0n) is 13.9. The van der Waals surface area contributed by atoms with Gasteiger partial charge in [0.05, 0.1) is 0 Å². The lowest BCUT2D eigenvalue weighted by Gasteiger charge is -2.60. The van der Waals surface area contributed by atoms with Crippen molar-refractivity contribution in [2.45, 2.75) is 84.5 Å². The molecule has 21 heavy (non-hydrogen) atoms. The van der Waals surface area contributed by atoms with Gasteiger partial charge in [-0.2, -0.15) is 0 Å². The van der Waals surface area contributed by atoms with Crippen molar-refractivity contribution in [2.24, 2.45) is 34.5 Å². The van der Waals surface area contributed by atoms with Crippen molar-refractivity contribution in [3.63, 3.8) is 0 Å². The predicted molar refractivity (Wildman–Crippen MR) is 95.5 cm³/mol. The molecular weight excluding hydrogens is 299 g/mol. The van der Waals surface area contributed by atoms with Crippen LogP contribution in [0.4, 0.5) is 0 Å². The molecule has 4 aliphatic rings. The van der Waals surface area contributed by atoms with Crippen LogP contribution in [-0.2, 0) is 0 Å². The van der Waals surface area contributed by atoms with Gasteiger partial charge in [-0.15, -0.1) is 24.8 Å². The Morgan fingerprint density at radius 3 is 2.29 bits per heavy atom. The van der Waals surface area contributed by atoms with E-state index in [4.69, 9.17) is 0 Å². The molecule has 0 amide bonds. The number of fused-ring (bicyclic) bond motifs is 5. The quantitative estimate of drug-likeness (QED) is 0.465. The first-order valence-corrected chi connectivity index (χ1v) is 9.13. The lowest BCUT2D eigenvalue weighted by molar-refractivity contribution is -0.103. The molecule has 0 bridgehead atoms. The van der Waals surface area contributed by atoms with E-state index in [-0.39, 0.29) is 24.8 Å². The van der Waals surface area contributed by atoms with Gasteiger partial charge < -0.3 is 0 Å². The Hall–Kier alpha value is 0.580. The van der Waals surface area contributed by atoms with Crippen LogP contribution >= 0.6 is 24.8 Å². The van der Waals surface area contributed by atoms with Crippen molar-refractivity contribution in [1.82, 2.24) is 0 Å². The van der Waals surface area contributed by atoms with Crippen molar-refractivity contribution in [3.8, 4) is 0 Å². The minimum absolute atomic E-state index is 0. The van der Waals surface area contributed by atoms with E-state index in [1.54, 1.807) is 51.4 Å². The Bertz CT molecular complexity index is 369. The van der Waals surface area contributed by atoms with Gasteiger partial charge >= 0.3 is 0 Å². The molecule has 4 rings (SSSR count). The summed E-state index contributed by atoms with van der Waals surface area (Å²) in [7, 11) is 0. The summed E-state index contributed by atoms with van der Waals surface area (Å²) in [5, 5.41) is 0. The van der Waals surface area contributed by atoms with Crippen LogP contribution < -0.4 is 0 Å². The summed E-state index contributed by atoms with van der Waals surface area (Å²) in [5.41, 5.74) is 1.49. The van der Waals surface area contributed by atoms with Crippen molar-refractivity contribution in [3.05, 3.63) is 0 Å². The van der Waals surface area contributed by atoms with E-state index < -0.39 is 0 Å². The number of halogens is 2. The summed E-state index contributed by atoms with van der Waals surface area (Å²) < 4.78 is 0. The van der Waals surface area contributed by atoms with Crippen molar-refractivity contribution in [1.29, 1.82) is 0 Å². The van der Waals surface area contributed by atoms with Crippen LogP contribution in [0.3, 0.4) is 0 Å². The van der Waals surface area contributed by atoms with E-state index in [9.17, 15) is 0 Å². The highest BCUT2D eigenvalue weighted by Gasteiger charge is 2.56. The molecule has 6 atom stereocenters. The summed E-state index contributed by atoms with van der Waals surface area (Å²) in [5.74, 6) is 4.41. The van der Waals surface area contributed by atoms with E-state index in [1.165, 1.54) is 19.3 Å². The third kappa shape index (κ3) is 2.57. The van der Waals surface area contributed by atoms with Gasteiger partial charge in [0.15, 0.2) is 0 Å². The average Bonchev–Trinajstić information content (AvgIpc) is 2.79. The van der Waals surface area contributed by atoms with Crippen molar-refractivity contribution >= 4 is 24.8 Å². The summed E-state index contributed by atoms with van der Waals surface area (Å²) in [6.45, 7) is 5.33. The molecule has 0 saturated heterocycles. The lowest BCUT2D eigenvalue weighted by atomic mass is 9.45. The van der Waals surface area contributed by atoms with Gasteiger partial charge in [-0.05, 0) is 85.9 Å². The maximum atomic E-state index is 2.70. The molecule has 0 radical (unpaired) electrons. The second-order valence-electron chi connectivity index (χ2n) is 8.99. The zero-order chi connectivity index (χ0) is 13.1. The third-order valence-corrected chi connectivity index (χ3v) is 8.36. The molecule has 0 spiro atoms. The normalized spacial score (nSPS) is 51.7. The standard InChI is InChI=1S/C19H32.2ClH/c1-18-11-5-7-16(18)15-9-8-14-6-3-4-12-19(14,2)17(15)10-13-18;;/h14-17H,3-13H2,1-2H3;2*1H/t14-,15+,16+,17+,18+,19+;;/m1../s1. The summed E-state index contributed by atoms with van der Waals surface area (Å²) in [6.07, 6.45) is 17.1. The predicted octanol–water partition coefficient (Wildman–Crippen LogP) is 6.65. The van der Waals surface area contributed by atoms with E-state index in [0.717, 1.165) is 34.5 Å². The Morgan fingerprint density at radius 2 is 1.48 bits per heavy atom. The molecule has 0 heterocycles. The zero-order valence-corrected chi connectivity index (χ0v) is 15.5. The van der Waals surface area contributed by atoms with Gasteiger partial charge in [-0.3, -0.25) is 0 Å². The van der Waals surface area contributed by atoms with E-state index >= 15 is 0 Å². The highest BCUT2D eigenvalue weighted by molar-refractivity contribution is 5.85. The monoisotopic (exact) mass is 332 g/mol. The van der Waals surface area contributed by atoms with Crippen LogP contribution in [0.25, 0.3) is 0 Å². The molecule has 124 valence electrons. The van der Waals surface area contributed by atoms with Crippen molar-refractivity contribution < 1.29 is 0 Å². The van der Waals surface area contributed by atoms with Gasteiger partial charge in [0.2, 0.25) is 0 Å². The maximum absolute atomic E-state index is 2.70. The summed E-state index contributed by atoms with van der Waals surface area (Å²) in [4.78, 5) is 0. The minimum Gasteiger partial charge on any atom is -0.147 e.